The van der Waals surface area contributed by atoms with E-state index in [-0.39, 0.29) is 11.7 Å². The lowest BCUT2D eigenvalue weighted by Crippen LogP contribution is -2.40. The van der Waals surface area contributed by atoms with Gasteiger partial charge in [-0.2, -0.15) is 0 Å². The number of nitrogens with two attached hydrogens (primary N) is 1. The molecule has 1 rings (SSSR count). The van der Waals surface area contributed by atoms with Crippen molar-refractivity contribution in [2.75, 3.05) is 6.54 Å². The Labute approximate surface area is 105 Å². The summed E-state index contributed by atoms with van der Waals surface area (Å²) >= 11 is 1.61. The lowest BCUT2D eigenvalue weighted by atomic mass is 10.1. The topological polar surface area (TPSA) is 78.9 Å². The van der Waals surface area contributed by atoms with Crippen molar-refractivity contribution in [1.29, 1.82) is 0 Å². The number of thiophene rings is 1. The largest absolute Gasteiger partial charge is 0.409 e. The molecule has 6 heteroatoms. The zero-order valence-corrected chi connectivity index (χ0v) is 10.8. The average Bonchev–Trinajstić information content (AvgIpc) is 2.85. The summed E-state index contributed by atoms with van der Waals surface area (Å²) in [4.78, 5) is 14.9. The van der Waals surface area contributed by atoms with Crippen LogP contribution in [0.5, 0.6) is 0 Å². The number of hydrogen-bond donors (Lipinski definition) is 2. The SMILES string of the molecule is CCN(Cc1cccs1)C(=O)C(C)C(N)=NO. The second kappa shape index (κ2) is 6.24. The predicted octanol–water partition coefficient (Wildman–Crippen LogP) is 1.48. The molecule has 0 aliphatic heterocycles. The van der Waals surface area contributed by atoms with Gasteiger partial charge in [0.2, 0.25) is 5.91 Å². The van der Waals surface area contributed by atoms with Gasteiger partial charge in [-0.25, -0.2) is 0 Å². The molecule has 1 amide bonds. The maximum Gasteiger partial charge on any atom is 0.233 e. The molecule has 94 valence electrons. The number of amidine groups is 1. The Kier molecular flexibility index (Phi) is 4.96. The predicted molar refractivity (Wildman–Crippen MR) is 68.0 cm³/mol. The zero-order chi connectivity index (χ0) is 12.8. The molecular weight excluding hydrogens is 238 g/mol. The number of amides is 1. The van der Waals surface area contributed by atoms with E-state index < -0.39 is 5.92 Å². The van der Waals surface area contributed by atoms with E-state index in [4.69, 9.17) is 10.9 Å². The molecule has 0 fully saturated rings. The van der Waals surface area contributed by atoms with Gasteiger partial charge >= 0.3 is 0 Å². The lowest BCUT2D eigenvalue weighted by Gasteiger charge is -2.23. The summed E-state index contributed by atoms with van der Waals surface area (Å²) < 4.78 is 0. The average molecular weight is 255 g/mol. The van der Waals surface area contributed by atoms with Crippen LogP contribution >= 0.6 is 11.3 Å². The molecule has 0 saturated heterocycles. The number of carbonyl (C=O) groups excluding carboxylic acids is 1. The van der Waals surface area contributed by atoms with Crippen LogP contribution in [0.2, 0.25) is 0 Å². The number of nitrogens with zero attached hydrogens (tertiary/aromatic N) is 2. The summed E-state index contributed by atoms with van der Waals surface area (Å²) in [5, 5.41) is 13.4. The minimum atomic E-state index is -0.597. The van der Waals surface area contributed by atoms with Crippen LogP contribution in [0.25, 0.3) is 0 Å². The quantitative estimate of drug-likeness (QED) is 0.362. The van der Waals surface area contributed by atoms with Gasteiger partial charge in [-0.1, -0.05) is 11.2 Å². The Morgan fingerprint density at radius 1 is 1.71 bits per heavy atom. The zero-order valence-electron chi connectivity index (χ0n) is 9.96. The van der Waals surface area contributed by atoms with Gasteiger partial charge in [0.25, 0.3) is 0 Å². The molecule has 0 aromatic carbocycles. The molecular formula is C11H17N3O2S. The van der Waals surface area contributed by atoms with Crippen molar-refractivity contribution in [1.82, 2.24) is 4.90 Å². The maximum atomic E-state index is 12.1. The van der Waals surface area contributed by atoms with Crippen LogP contribution in [0.4, 0.5) is 0 Å². The lowest BCUT2D eigenvalue weighted by molar-refractivity contribution is -0.133. The molecule has 1 unspecified atom stereocenters. The highest BCUT2D eigenvalue weighted by atomic mass is 32.1. The number of oxime groups is 1. The second-order valence-corrected chi connectivity index (χ2v) is 4.71. The molecule has 0 spiro atoms. The van der Waals surface area contributed by atoms with E-state index in [1.54, 1.807) is 23.2 Å². The monoisotopic (exact) mass is 255 g/mol. The van der Waals surface area contributed by atoms with E-state index in [9.17, 15) is 4.79 Å². The van der Waals surface area contributed by atoms with Crippen molar-refractivity contribution in [2.24, 2.45) is 16.8 Å². The van der Waals surface area contributed by atoms with Crippen molar-refractivity contribution in [3.63, 3.8) is 0 Å². The first-order valence-electron chi connectivity index (χ1n) is 5.38. The number of hydrogen-bond acceptors (Lipinski definition) is 4. The van der Waals surface area contributed by atoms with E-state index in [1.807, 2.05) is 24.4 Å². The molecule has 3 N–H and O–H groups in total. The molecule has 5 nitrogen and oxygen atoms in total. The Bertz CT molecular complexity index is 389. The van der Waals surface area contributed by atoms with Crippen LogP contribution in [-0.4, -0.2) is 28.4 Å². The van der Waals surface area contributed by atoms with E-state index in [0.717, 1.165) is 4.88 Å². The van der Waals surface area contributed by atoms with Gasteiger partial charge in [0.15, 0.2) is 5.84 Å². The summed E-state index contributed by atoms with van der Waals surface area (Å²) in [7, 11) is 0. The standard InChI is InChI=1S/C11H17N3O2S/c1-3-14(7-9-5-4-6-17-9)11(15)8(2)10(12)13-16/h4-6,8,16H,3,7H2,1-2H3,(H2,12,13). The van der Waals surface area contributed by atoms with E-state index in [1.165, 1.54) is 0 Å². The van der Waals surface area contributed by atoms with Gasteiger partial charge in [0.05, 0.1) is 12.5 Å². The fraction of sp³-hybridized carbons (Fsp3) is 0.455. The summed E-state index contributed by atoms with van der Waals surface area (Å²) in [6, 6.07) is 3.93. The first kappa shape index (κ1) is 13.5. The minimum Gasteiger partial charge on any atom is -0.409 e. The van der Waals surface area contributed by atoms with Gasteiger partial charge < -0.3 is 15.8 Å². The number of rotatable bonds is 5. The summed E-state index contributed by atoms with van der Waals surface area (Å²) in [6.45, 7) is 4.70. The van der Waals surface area contributed by atoms with Crippen LogP contribution in [0, 0.1) is 5.92 Å². The van der Waals surface area contributed by atoms with Crippen LogP contribution in [0.1, 0.15) is 18.7 Å². The number of carbonyl (C=O) groups is 1. The molecule has 17 heavy (non-hydrogen) atoms. The second-order valence-electron chi connectivity index (χ2n) is 3.68. The molecule has 0 aliphatic rings. The first-order chi connectivity index (χ1) is 8.10. The molecule has 0 saturated carbocycles. The maximum absolute atomic E-state index is 12.1. The fourth-order valence-electron chi connectivity index (χ4n) is 1.42. The van der Waals surface area contributed by atoms with Crippen molar-refractivity contribution in [3.05, 3.63) is 22.4 Å². The molecule has 0 radical (unpaired) electrons. The van der Waals surface area contributed by atoms with E-state index in [2.05, 4.69) is 5.16 Å². The molecule has 1 aromatic rings. The van der Waals surface area contributed by atoms with Crippen LogP contribution in [0.15, 0.2) is 22.7 Å². The highest BCUT2D eigenvalue weighted by molar-refractivity contribution is 7.09. The molecule has 0 bridgehead atoms. The highest BCUT2D eigenvalue weighted by Crippen LogP contribution is 2.13. The van der Waals surface area contributed by atoms with Crippen LogP contribution in [-0.2, 0) is 11.3 Å². The Balaban J connectivity index is 2.70. The highest BCUT2D eigenvalue weighted by Gasteiger charge is 2.23. The van der Waals surface area contributed by atoms with Crippen molar-refractivity contribution in [2.45, 2.75) is 20.4 Å². The third-order valence-corrected chi connectivity index (χ3v) is 3.41. The Hall–Kier alpha value is -1.56. The summed E-state index contributed by atoms with van der Waals surface area (Å²) in [5.41, 5.74) is 5.44. The molecule has 1 aromatic heterocycles. The van der Waals surface area contributed by atoms with Crippen LogP contribution in [0.3, 0.4) is 0 Å². The first-order valence-corrected chi connectivity index (χ1v) is 6.26. The normalized spacial score (nSPS) is 13.4. The van der Waals surface area contributed by atoms with Gasteiger partial charge in [-0.15, -0.1) is 11.3 Å². The van der Waals surface area contributed by atoms with Gasteiger partial charge in [-0.05, 0) is 25.3 Å². The van der Waals surface area contributed by atoms with E-state index >= 15 is 0 Å². The third kappa shape index (κ3) is 3.45. The minimum absolute atomic E-state index is 0.0559. The Morgan fingerprint density at radius 2 is 2.41 bits per heavy atom. The summed E-state index contributed by atoms with van der Waals surface area (Å²) in [5.74, 6) is -0.782. The fourth-order valence-corrected chi connectivity index (χ4v) is 2.14. The van der Waals surface area contributed by atoms with Crippen LogP contribution < -0.4 is 5.73 Å². The van der Waals surface area contributed by atoms with Crippen molar-refractivity contribution < 1.29 is 10.0 Å². The van der Waals surface area contributed by atoms with Crippen molar-refractivity contribution >= 4 is 23.1 Å². The van der Waals surface area contributed by atoms with Gasteiger partial charge in [0, 0.05) is 11.4 Å². The molecule has 1 atom stereocenters. The van der Waals surface area contributed by atoms with E-state index in [0.29, 0.717) is 13.1 Å². The smallest absolute Gasteiger partial charge is 0.233 e. The van der Waals surface area contributed by atoms with Crippen molar-refractivity contribution in [3.8, 4) is 0 Å². The van der Waals surface area contributed by atoms with Gasteiger partial charge in [-0.3, -0.25) is 4.79 Å². The Morgan fingerprint density at radius 3 is 2.88 bits per heavy atom. The molecule has 0 aliphatic carbocycles. The summed E-state index contributed by atoms with van der Waals surface area (Å²) in [6.07, 6.45) is 0. The molecule has 1 heterocycles. The van der Waals surface area contributed by atoms with Gasteiger partial charge in [0.1, 0.15) is 0 Å². The third-order valence-electron chi connectivity index (χ3n) is 2.55.